The summed E-state index contributed by atoms with van der Waals surface area (Å²) in [5.74, 6) is -0.924. The van der Waals surface area contributed by atoms with Gasteiger partial charge >= 0.3 is 5.97 Å². The van der Waals surface area contributed by atoms with Crippen LogP contribution < -0.4 is 17.4 Å². The number of carboxylic acids is 1. The first kappa shape index (κ1) is 18.7. The second kappa shape index (κ2) is 7.41. The van der Waals surface area contributed by atoms with Gasteiger partial charge in [0.1, 0.15) is 0 Å². The second-order valence-electron chi connectivity index (χ2n) is 6.75. The summed E-state index contributed by atoms with van der Waals surface area (Å²) in [5.41, 5.74) is 7.75. The van der Waals surface area contributed by atoms with Crippen LogP contribution in [0.25, 0.3) is 22.0 Å². The SMILES string of the molecule is O=C(O)c1ccc(/C(=C2/C=[NH+]c3ccccc32)c2c[nH]c3ccccc23)cc1.[Cl-]. The first-order valence-corrected chi connectivity index (χ1v) is 9.06. The minimum absolute atomic E-state index is 0. The highest BCUT2D eigenvalue weighted by Gasteiger charge is 2.24. The molecule has 0 unspecified atom stereocenters. The Kier molecular flexibility index (Phi) is 4.79. The number of para-hydroxylation sites is 2. The van der Waals surface area contributed by atoms with Crippen LogP contribution in [0.2, 0.25) is 0 Å². The minimum atomic E-state index is -0.924. The van der Waals surface area contributed by atoms with Crippen molar-refractivity contribution in [3.8, 4) is 0 Å². The van der Waals surface area contributed by atoms with Crippen LogP contribution in [0.1, 0.15) is 27.0 Å². The van der Waals surface area contributed by atoms with Crippen molar-refractivity contribution in [2.24, 2.45) is 0 Å². The highest BCUT2D eigenvalue weighted by atomic mass is 35.5. The van der Waals surface area contributed by atoms with Crippen LogP contribution in [0.15, 0.2) is 79.0 Å². The van der Waals surface area contributed by atoms with E-state index in [2.05, 4.69) is 34.2 Å². The Balaban J connectivity index is 0.00000205. The second-order valence-corrected chi connectivity index (χ2v) is 6.75. The van der Waals surface area contributed by atoms with Gasteiger partial charge in [0, 0.05) is 34.3 Å². The summed E-state index contributed by atoms with van der Waals surface area (Å²) in [7, 11) is 0. The van der Waals surface area contributed by atoms with Gasteiger partial charge in [-0.2, -0.15) is 0 Å². The van der Waals surface area contributed by atoms with Crippen LogP contribution in [0, 0.1) is 0 Å². The molecule has 4 aromatic rings. The quantitative estimate of drug-likeness (QED) is 0.472. The molecule has 1 aliphatic rings. The Morgan fingerprint density at radius 2 is 1.55 bits per heavy atom. The number of fused-ring (bicyclic) bond motifs is 2. The number of hydrogen-bond donors (Lipinski definition) is 3. The maximum atomic E-state index is 11.3. The lowest BCUT2D eigenvalue weighted by molar-refractivity contribution is -0.342. The number of allylic oxidation sites excluding steroid dienone is 1. The van der Waals surface area contributed by atoms with E-state index in [4.69, 9.17) is 0 Å². The van der Waals surface area contributed by atoms with Crippen LogP contribution in [0.3, 0.4) is 0 Å². The number of halogens is 1. The van der Waals surface area contributed by atoms with E-state index in [0.29, 0.717) is 0 Å². The van der Waals surface area contributed by atoms with E-state index in [-0.39, 0.29) is 18.0 Å². The molecule has 1 aromatic heterocycles. The van der Waals surface area contributed by atoms with Crippen LogP contribution in [-0.4, -0.2) is 22.3 Å². The van der Waals surface area contributed by atoms with Crippen molar-refractivity contribution in [1.29, 1.82) is 0 Å². The summed E-state index contributed by atoms with van der Waals surface area (Å²) in [6, 6.07) is 23.4. The molecule has 142 valence electrons. The van der Waals surface area contributed by atoms with Gasteiger partial charge in [0.05, 0.1) is 16.7 Å². The van der Waals surface area contributed by atoms with Gasteiger partial charge < -0.3 is 22.5 Å². The number of benzene rings is 3. The zero-order valence-corrected chi connectivity index (χ0v) is 16.1. The number of aromatic nitrogens is 1. The molecular weight excluding hydrogens is 384 g/mol. The molecule has 0 saturated heterocycles. The van der Waals surface area contributed by atoms with E-state index in [9.17, 15) is 9.90 Å². The molecule has 0 spiro atoms. The van der Waals surface area contributed by atoms with Crippen molar-refractivity contribution in [3.63, 3.8) is 0 Å². The zero-order chi connectivity index (χ0) is 19.1. The lowest BCUT2D eigenvalue weighted by atomic mass is 9.90. The fourth-order valence-corrected chi connectivity index (χ4v) is 3.79. The van der Waals surface area contributed by atoms with E-state index in [1.807, 2.05) is 48.8 Å². The number of H-pyrrole nitrogens is 1. The number of carboxylic acid groups (broad SMARTS) is 1. The van der Waals surface area contributed by atoms with Crippen LogP contribution in [0.4, 0.5) is 5.69 Å². The number of rotatable bonds is 3. The molecular formula is C24H17ClN2O2. The predicted octanol–water partition coefficient (Wildman–Crippen LogP) is 0.626. The summed E-state index contributed by atoms with van der Waals surface area (Å²) < 4.78 is 0. The highest BCUT2D eigenvalue weighted by molar-refractivity contribution is 6.24. The molecule has 0 atom stereocenters. The first-order chi connectivity index (χ1) is 13.7. The molecule has 0 saturated carbocycles. The first-order valence-electron chi connectivity index (χ1n) is 9.06. The molecule has 0 aliphatic carbocycles. The lowest BCUT2D eigenvalue weighted by Crippen LogP contribution is -3.00. The van der Waals surface area contributed by atoms with Gasteiger partial charge in [-0.15, -0.1) is 0 Å². The lowest BCUT2D eigenvalue weighted by Gasteiger charge is -2.11. The van der Waals surface area contributed by atoms with Crippen molar-refractivity contribution in [3.05, 3.63) is 101 Å². The van der Waals surface area contributed by atoms with Gasteiger partial charge in [0.25, 0.3) is 0 Å². The smallest absolute Gasteiger partial charge is 0.335 e. The van der Waals surface area contributed by atoms with Crippen molar-refractivity contribution < 1.29 is 27.3 Å². The van der Waals surface area contributed by atoms with Crippen molar-refractivity contribution >= 4 is 39.9 Å². The average Bonchev–Trinajstić information content (AvgIpc) is 3.34. The van der Waals surface area contributed by atoms with Crippen molar-refractivity contribution in [2.45, 2.75) is 0 Å². The fourth-order valence-electron chi connectivity index (χ4n) is 3.79. The number of hydrogen-bond acceptors (Lipinski definition) is 1. The third kappa shape index (κ3) is 3.13. The van der Waals surface area contributed by atoms with Gasteiger partial charge in [0.2, 0.25) is 5.69 Å². The van der Waals surface area contributed by atoms with Crippen LogP contribution in [0.5, 0.6) is 0 Å². The minimum Gasteiger partial charge on any atom is -1.00 e. The molecule has 4 nitrogen and oxygen atoms in total. The van der Waals surface area contributed by atoms with E-state index < -0.39 is 5.97 Å². The van der Waals surface area contributed by atoms with Gasteiger partial charge in [-0.05, 0) is 29.8 Å². The van der Waals surface area contributed by atoms with Gasteiger partial charge in [-0.1, -0.05) is 42.5 Å². The van der Waals surface area contributed by atoms with Crippen molar-refractivity contribution in [1.82, 2.24) is 4.98 Å². The Morgan fingerprint density at radius 1 is 0.862 bits per heavy atom. The van der Waals surface area contributed by atoms with E-state index in [1.54, 1.807) is 12.1 Å². The Hall–Kier alpha value is -3.63. The molecule has 5 heteroatoms. The van der Waals surface area contributed by atoms with E-state index in [1.165, 1.54) is 0 Å². The number of nitrogens with one attached hydrogen (secondary N) is 2. The largest absolute Gasteiger partial charge is 1.00 e. The zero-order valence-electron chi connectivity index (χ0n) is 15.3. The molecule has 1 aliphatic heterocycles. The summed E-state index contributed by atoms with van der Waals surface area (Å²) in [6.07, 6.45) is 4.04. The van der Waals surface area contributed by atoms with Gasteiger partial charge in [-0.3, -0.25) is 0 Å². The molecule has 0 bridgehead atoms. The number of aromatic carboxylic acids is 1. The third-order valence-electron chi connectivity index (χ3n) is 5.14. The topological polar surface area (TPSA) is 67.1 Å². The maximum Gasteiger partial charge on any atom is 0.335 e. The highest BCUT2D eigenvalue weighted by Crippen LogP contribution is 2.37. The Morgan fingerprint density at radius 3 is 2.34 bits per heavy atom. The Labute approximate surface area is 173 Å². The average molecular weight is 401 g/mol. The maximum absolute atomic E-state index is 11.3. The molecule has 5 rings (SSSR count). The third-order valence-corrected chi connectivity index (χ3v) is 5.14. The summed E-state index contributed by atoms with van der Waals surface area (Å²) >= 11 is 0. The summed E-state index contributed by atoms with van der Waals surface area (Å²) in [5, 5.41) is 10.4. The molecule has 0 amide bonds. The monoisotopic (exact) mass is 400 g/mol. The molecule has 3 aromatic carbocycles. The molecule has 3 N–H and O–H groups in total. The van der Waals surface area contributed by atoms with Crippen LogP contribution in [-0.2, 0) is 0 Å². The van der Waals surface area contributed by atoms with Crippen LogP contribution >= 0.6 is 0 Å². The molecule has 29 heavy (non-hydrogen) atoms. The standard InChI is InChI=1S/C24H16N2O2.ClH/c27-24(28)16-11-9-15(10-12-16)23(19-13-25-21-7-3-1-5-17(19)21)20-14-26-22-8-4-2-6-18(20)22;/h1-14,25H,(H,27,28);1H/b23-20+;. The summed E-state index contributed by atoms with van der Waals surface area (Å²) in [6.45, 7) is 0. The molecule has 0 fully saturated rings. The van der Waals surface area contributed by atoms with Gasteiger partial charge in [0.15, 0.2) is 6.21 Å². The number of carbonyl (C=O) groups is 1. The molecule has 0 radical (unpaired) electrons. The van der Waals surface area contributed by atoms with E-state index in [0.717, 1.165) is 44.4 Å². The fraction of sp³-hybridized carbons (Fsp3) is 0. The van der Waals surface area contributed by atoms with Crippen molar-refractivity contribution in [2.75, 3.05) is 0 Å². The molecule has 2 heterocycles. The van der Waals surface area contributed by atoms with Gasteiger partial charge in [-0.25, -0.2) is 9.79 Å². The normalized spacial score (nSPS) is 13.8. The Bertz CT molecular complexity index is 1280. The summed E-state index contributed by atoms with van der Waals surface area (Å²) in [4.78, 5) is 18.0. The van der Waals surface area contributed by atoms with E-state index >= 15 is 0 Å². The number of aromatic amines is 1. The predicted molar refractivity (Wildman–Crippen MR) is 111 cm³/mol.